The van der Waals surface area contributed by atoms with Gasteiger partial charge in [0.05, 0.1) is 18.0 Å². The molecule has 0 spiro atoms. The second-order valence-corrected chi connectivity index (χ2v) is 3.23. The van der Waals surface area contributed by atoms with Crippen LogP contribution in [0.1, 0.15) is 16.9 Å². The molecule has 0 radical (unpaired) electrons. The predicted octanol–water partition coefficient (Wildman–Crippen LogP) is 1.13. The Hall–Kier alpha value is -1.41. The Morgan fingerprint density at radius 2 is 2.62 bits per heavy atom. The summed E-state index contributed by atoms with van der Waals surface area (Å²) in [5, 5.41) is 10.0. The van der Waals surface area contributed by atoms with Gasteiger partial charge in [-0.15, -0.1) is 11.3 Å². The van der Waals surface area contributed by atoms with Crippen molar-refractivity contribution in [3.05, 3.63) is 16.6 Å². The fourth-order valence-electron chi connectivity index (χ4n) is 0.833. The maximum absolute atomic E-state index is 11.5. The number of carbonyl (C=O) groups is 1. The summed E-state index contributed by atoms with van der Waals surface area (Å²) in [6, 6.07) is 1.99. The molecule has 0 saturated heterocycles. The summed E-state index contributed by atoms with van der Waals surface area (Å²) in [6.45, 7) is 0.451. The van der Waals surface area contributed by atoms with Gasteiger partial charge in [0, 0.05) is 19.0 Å². The third-order valence-electron chi connectivity index (χ3n) is 1.56. The van der Waals surface area contributed by atoms with Gasteiger partial charge >= 0.3 is 0 Å². The molecule has 1 amide bonds. The summed E-state index contributed by atoms with van der Waals surface area (Å²) in [4.78, 5) is 16.9. The van der Waals surface area contributed by atoms with Crippen LogP contribution in [0.5, 0.6) is 0 Å². The van der Waals surface area contributed by atoms with Crippen LogP contribution in [0.15, 0.2) is 10.9 Å². The smallest absolute Gasteiger partial charge is 0.273 e. The van der Waals surface area contributed by atoms with Gasteiger partial charge in [0.1, 0.15) is 5.69 Å². The molecule has 13 heavy (non-hydrogen) atoms. The molecule has 0 unspecified atom stereocenters. The molecule has 1 heterocycles. The maximum atomic E-state index is 11.5. The van der Waals surface area contributed by atoms with Crippen molar-refractivity contribution in [2.75, 3.05) is 13.6 Å². The Morgan fingerprint density at radius 1 is 1.85 bits per heavy atom. The molecule has 0 saturated carbocycles. The van der Waals surface area contributed by atoms with E-state index in [1.165, 1.54) is 16.2 Å². The van der Waals surface area contributed by atoms with E-state index in [1.54, 1.807) is 17.9 Å². The highest BCUT2D eigenvalue weighted by Crippen LogP contribution is 2.04. The molecule has 1 aromatic rings. The molecule has 0 aliphatic carbocycles. The number of thiazole rings is 1. The Balaban J connectivity index is 2.54. The number of aromatic nitrogens is 1. The lowest BCUT2D eigenvalue weighted by Gasteiger charge is -2.13. The van der Waals surface area contributed by atoms with Crippen molar-refractivity contribution in [3.8, 4) is 6.07 Å². The number of rotatable bonds is 3. The SMILES string of the molecule is CN(CCC#N)C(=O)c1cscn1. The minimum Gasteiger partial charge on any atom is -0.339 e. The summed E-state index contributed by atoms with van der Waals surface area (Å²) in [6.07, 6.45) is 0.354. The molecule has 4 nitrogen and oxygen atoms in total. The molecule has 0 bridgehead atoms. The summed E-state index contributed by atoms with van der Waals surface area (Å²) >= 11 is 1.39. The summed E-state index contributed by atoms with van der Waals surface area (Å²) in [5.74, 6) is -0.128. The molecule has 0 aliphatic rings. The van der Waals surface area contributed by atoms with Gasteiger partial charge in [0.2, 0.25) is 0 Å². The third kappa shape index (κ3) is 2.53. The van der Waals surface area contributed by atoms with E-state index in [2.05, 4.69) is 4.98 Å². The van der Waals surface area contributed by atoms with Crippen molar-refractivity contribution in [1.29, 1.82) is 5.26 Å². The lowest BCUT2D eigenvalue weighted by atomic mass is 10.3. The molecule has 0 aliphatic heterocycles. The van der Waals surface area contributed by atoms with E-state index >= 15 is 0 Å². The highest BCUT2D eigenvalue weighted by atomic mass is 32.1. The topological polar surface area (TPSA) is 57.0 Å². The zero-order valence-electron chi connectivity index (χ0n) is 7.23. The van der Waals surface area contributed by atoms with Crippen molar-refractivity contribution >= 4 is 17.2 Å². The molecule has 1 rings (SSSR count). The van der Waals surface area contributed by atoms with Gasteiger partial charge in [0.15, 0.2) is 0 Å². The molecule has 5 heteroatoms. The summed E-state index contributed by atoms with van der Waals surface area (Å²) in [7, 11) is 1.67. The average molecular weight is 195 g/mol. The molecule has 0 aromatic carbocycles. The monoisotopic (exact) mass is 195 g/mol. The van der Waals surface area contributed by atoms with Gasteiger partial charge in [-0.3, -0.25) is 4.79 Å². The van der Waals surface area contributed by atoms with Gasteiger partial charge in [-0.25, -0.2) is 4.98 Å². The Kier molecular flexibility index (Phi) is 3.41. The number of nitrogens with zero attached hydrogens (tertiary/aromatic N) is 3. The standard InChI is InChI=1S/C8H9N3OS/c1-11(4-2-3-9)8(12)7-5-13-6-10-7/h5-6H,2,4H2,1H3. The van der Waals surface area contributed by atoms with Crippen molar-refractivity contribution in [2.24, 2.45) is 0 Å². The average Bonchev–Trinajstić information content (AvgIpc) is 2.65. The van der Waals surface area contributed by atoms with Crippen LogP contribution in [0.3, 0.4) is 0 Å². The van der Waals surface area contributed by atoms with Crippen LogP contribution >= 0.6 is 11.3 Å². The van der Waals surface area contributed by atoms with E-state index in [9.17, 15) is 4.79 Å². The molecular formula is C8H9N3OS. The van der Waals surface area contributed by atoms with E-state index in [4.69, 9.17) is 5.26 Å². The van der Waals surface area contributed by atoms with Crippen molar-refractivity contribution in [3.63, 3.8) is 0 Å². The number of amides is 1. The van der Waals surface area contributed by atoms with Crippen molar-refractivity contribution in [2.45, 2.75) is 6.42 Å². The van der Waals surface area contributed by atoms with Gasteiger partial charge in [-0.2, -0.15) is 5.26 Å². The lowest BCUT2D eigenvalue weighted by Crippen LogP contribution is -2.27. The normalized spacial score (nSPS) is 9.23. The van der Waals surface area contributed by atoms with E-state index < -0.39 is 0 Å². The van der Waals surface area contributed by atoms with E-state index in [1.807, 2.05) is 6.07 Å². The van der Waals surface area contributed by atoms with Crippen molar-refractivity contribution in [1.82, 2.24) is 9.88 Å². The summed E-state index contributed by atoms with van der Waals surface area (Å²) < 4.78 is 0. The first kappa shape index (κ1) is 9.68. The lowest BCUT2D eigenvalue weighted by molar-refractivity contribution is 0.0793. The molecule has 0 fully saturated rings. The minimum atomic E-state index is -0.128. The zero-order valence-corrected chi connectivity index (χ0v) is 8.04. The van der Waals surface area contributed by atoms with E-state index in [0.717, 1.165) is 0 Å². The third-order valence-corrected chi connectivity index (χ3v) is 2.14. The number of hydrogen-bond donors (Lipinski definition) is 0. The maximum Gasteiger partial charge on any atom is 0.273 e. The second kappa shape index (κ2) is 4.58. The molecule has 0 atom stereocenters. The first-order chi connectivity index (χ1) is 6.25. The fraction of sp³-hybridized carbons (Fsp3) is 0.375. The quantitative estimate of drug-likeness (QED) is 0.726. The fourth-order valence-corrected chi connectivity index (χ4v) is 1.36. The highest BCUT2D eigenvalue weighted by Gasteiger charge is 2.12. The second-order valence-electron chi connectivity index (χ2n) is 2.51. The van der Waals surface area contributed by atoms with Crippen LogP contribution in [0.25, 0.3) is 0 Å². The van der Waals surface area contributed by atoms with Crippen LogP contribution in [-0.4, -0.2) is 29.4 Å². The predicted molar refractivity (Wildman–Crippen MR) is 49.3 cm³/mol. The van der Waals surface area contributed by atoms with Gasteiger partial charge in [-0.05, 0) is 0 Å². The van der Waals surface area contributed by atoms with Crippen LogP contribution in [-0.2, 0) is 0 Å². The van der Waals surface area contributed by atoms with Crippen LogP contribution in [0, 0.1) is 11.3 Å². The van der Waals surface area contributed by atoms with Gasteiger partial charge in [-0.1, -0.05) is 0 Å². The first-order valence-electron chi connectivity index (χ1n) is 3.76. The Labute approximate surface area is 80.4 Å². The Bertz CT molecular complexity index is 315. The zero-order chi connectivity index (χ0) is 9.68. The van der Waals surface area contributed by atoms with Crippen LogP contribution in [0.4, 0.5) is 0 Å². The largest absolute Gasteiger partial charge is 0.339 e. The van der Waals surface area contributed by atoms with Crippen LogP contribution in [0.2, 0.25) is 0 Å². The van der Waals surface area contributed by atoms with Gasteiger partial charge < -0.3 is 4.90 Å². The molecular weight excluding hydrogens is 186 g/mol. The van der Waals surface area contributed by atoms with Crippen LogP contribution < -0.4 is 0 Å². The number of nitriles is 1. The van der Waals surface area contributed by atoms with E-state index in [-0.39, 0.29) is 5.91 Å². The molecule has 1 aromatic heterocycles. The molecule has 0 N–H and O–H groups in total. The first-order valence-corrected chi connectivity index (χ1v) is 4.70. The number of carbonyl (C=O) groups excluding carboxylic acids is 1. The minimum absolute atomic E-state index is 0.128. The molecule has 68 valence electrons. The highest BCUT2D eigenvalue weighted by molar-refractivity contribution is 7.07. The summed E-state index contributed by atoms with van der Waals surface area (Å²) in [5.41, 5.74) is 2.07. The Morgan fingerprint density at radius 3 is 3.15 bits per heavy atom. The van der Waals surface area contributed by atoms with E-state index in [0.29, 0.717) is 18.7 Å². The van der Waals surface area contributed by atoms with Gasteiger partial charge in [0.25, 0.3) is 5.91 Å². The van der Waals surface area contributed by atoms with Crippen molar-refractivity contribution < 1.29 is 4.79 Å². The number of hydrogen-bond acceptors (Lipinski definition) is 4.